The van der Waals surface area contributed by atoms with E-state index < -0.39 is 11.1 Å². The Labute approximate surface area is 78.3 Å². The molecule has 0 aliphatic carbocycles. The van der Waals surface area contributed by atoms with Crippen molar-refractivity contribution in [2.45, 2.75) is 6.61 Å². The molecule has 68 valence electrons. The minimum Gasteiger partial charge on any atom is -0.495 e. The molecule has 1 N–H and O–H groups in total. The monoisotopic (exact) mass is 196 g/mol. The van der Waals surface area contributed by atoms with Gasteiger partial charge in [-0.2, -0.15) is 0 Å². The standard InChI is InChI=1S/C9H8O3S/c10-13(11)9-6-12-5-7-3-1-2-4-8(7)9/h1-4,6H,5H2,(H,10,11). The molecule has 2 rings (SSSR count). The zero-order valence-electron chi connectivity index (χ0n) is 6.77. The number of hydrogen-bond donors (Lipinski definition) is 1. The molecule has 1 aliphatic rings. The van der Waals surface area contributed by atoms with Gasteiger partial charge in [-0.05, 0) is 5.56 Å². The maximum Gasteiger partial charge on any atom is 0.190 e. The van der Waals surface area contributed by atoms with E-state index in [1.807, 2.05) is 24.3 Å². The van der Waals surface area contributed by atoms with E-state index in [1.165, 1.54) is 6.26 Å². The molecule has 1 atom stereocenters. The molecule has 0 saturated carbocycles. The Kier molecular flexibility index (Phi) is 2.16. The third-order valence-electron chi connectivity index (χ3n) is 1.90. The summed E-state index contributed by atoms with van der Waals surface area (Å²) in [6, 6.07) is 7.42. The predicted octanol–water partition coefficient (Wildman–Crippen LogP) is 1.74. The maximum absolute atomic E-state index is 10.9. The van der Waals surface area contributed by atoms with Crippen molar-refractivity contribution in [3.05, 3.63) is 41.7 Å². The fourth-order valence-electron chi connectivity index (χ4n) is 1.29. The maximum atomic E-state index is 10.9. The molecule has 0 bridgehead atoms. The van der Waals surface area contributed by atoms with Crippen LogP contribution in [0.1, 0.15) is 11.1 Å². The second-order valence-electron chi connectivity index (χ2n) is 2.70. The molecule has 0 saturated heterocycles. The lowest BCUT2D eigenvalue weighted by Gasteiger charge is -2.15. The topological polar surface area (TPSA) is 46.5 Å². The van der Waals surface area contributed by atoms with Crippen LogP contribution >= 0.6 is 0 Å². The number of ether oxygens (including phenoxy) is 1. The first-order chi connectivity index (χ1) is 6.29. The van der Waals surface area contributed by atoms with Gasteiger partial charge in [0.2, 0.25) is 0 Å². The van der Waals surface area contributed by atoms with E-state index in [9.17, 15) is 4.21 Å². The fourth-order valence-corrected chi connectivity index (χ4v) is 1.83. The van der Waals surface area contributed by atoms with Crippen molar-refractivity contribution in [2.75, 3.05) is 0 Å². The first-order valence-electron chi connectivity index (χ1n) is 3.80. The summed E-state index contributed by atoms with van der Waals surface area (Å²) in [6.07, 6.45) is 1.35. The molecule has 4 heteroatoms. The van der Waals surface area contributed by atoms with E-state index >= 15 is 0 Å². The summed E-state index contributed by atoms with van der Waals surface area (Å²) in [5.41, 5.74) is 1.75. The molecular formula is C9H8O3S. The quantitative estimate of drug-likeness (QED) is 0.696. The van der Waals surface area contributed by atoms with Crippen molar-refractivity contribution in [2.24, 2.45) is 0 Å². The lowest BCUT2D eigenvalue weighted by molar-refractivity contribution is 0.233. The zero-order valence-corrected chi connectivity index (χ0v) is 7.58. The van der Waals surface area contributed by atoms with Crippen molar-refractivity contribution in [3.63, 3.8) is 0 Å². The van der Waals surface area contributed by atoms with E-state index in [0.717, 1.165) is 11.1 Å². The highest BCUT2D eigenvalue weighted by Crippen LogP contribution is 2.26. The van der Waals surface area contributed by atoms with Crippen LogP contribution < -0.4 is 0 Å². The smallest absolute Gasteiger partial charge is 0.190 e. The SMILES string of the molecule is O=S(O)C1=COCc2ccccc21. The van der Waals surface area contributed by atoms with Crippen LogP contribution in [0, 0.1) is 0 Å². The molecule has 0 amide bonds. The van der Waals surface area contributed by atoms with Gasteiger partial charge in [0.15, 0.2) is 11.1 Å². The van der Waals surface area contributed by atoms with Gasteiger partial charge in [-0.15, -0.1) is 0 Å². The molecule has 0 radical (unpaired) electrons. The summed E-state index contributed by atoms with van der Waals surface area (Å²) in [6.45, 7) is 0.469. The summed E-state index contributed by atoms with van der Waals surface area (Å²) >= 11 is -1.98. The van der Waals surface area contributed by atoms with E-state index in [-0.39, 0.29) is 0 Å². The molecule has 1 unspecified atom stereocenters. The van der Waals surface area contributed by atoms with E-state index in [2.05, 4.69) is 0 Å². The second kappa shape index (κ2) is 3.32. The summed E-state index contributed by atoms with van der Waals surface area (Å²) in [5.74, 6) is 0. The zero-order chi connectivity index (χ0) is 9.26. The van der Waals surface area contributed by atoms with Crippen LogP contribution in [0.4, 0.5) is 0 Å². The highest BCUT2D eigenvalue weighted by atomic mass is 32.2. The number of rotatable bonds is 1. The Morgan fingerprint density at radius 1 is 1.38 bits per heavy atom. The minimum absolute atomic E-state index is 0.335. The largest absolute Gasteiger partial charge is 0.495 e. The predicted molar refractivity (Wildman–Crippen MR) is 50.0 cm³/mol. The van der Waals surface area contributed by atoms with Crippen LogP contribution in [-0.2, 0) is 22.4 Å². The molecule has 0 spiro atoms. The van der Waals surface area contributed by atoms with Gasteiger partial charge in [0.05, 0.1) is 0 Å². The van der Waals surface area contributed by atoms with Crippen LogP contribution in [0.5, 0.6) is 0 Å². The summed E-state index contributed by atoms with van der Waals surface area (Å²) in [7, 11) is 0. The third-order valence-corrected chi connectivity index (χ3v) is 2.59. The van der Waals surface area contributed by atoms with Gasteiger partial charge in [0, 0.05) is 5.56 Å². The lowest BCUT2D eigenvalue weighted by Crippen LogP contribution is -2.04. The molecule has 1 aromatic rings. The Morgan fingerprint density at radius 2 is 2.15 bits per heavy atom. The molecule has 13 heavy (non-hydrogen) atoms. The summed E-state index contributed by atoms with van der Waals surface area (Å²) in [4.78, 5) is 0.335. The summed E-state index contributed by atoms with van der Waals surface area (Å²) < 4.78 is 24.9. The van der Waals surface area contributed by atoms with Crippen LogP contribution in [0.3, 0.4) is 0 Å². The Morgan fingerprint density at radius 3 is 2.92 bits per heavy atom. The Hall–Kier alpha value is -1.13. The van der Waals surface area contributed by atoms with Crippen LogP contribution in [0.2, 0.25) is 0 Å². The van der Waals surface area contributed by atoms with Gasteiger partial charge in [-0.1, -0.05) is 24.3 Å². The fraction of sp³-hybridized carbons (Fsp3) is 0.111. The van der Waals surface area contributed by atoms with Gasteiger partial charge in [-0.25, -0.2) is 4.21 Å². The number of fused-ring (bicyclic) bond motifs is 1. The van der Waals surface area contributed by atoms with E-state index in [1.54, 1.807) is 0 Å². The van der Waals surface area contributed by atoms with Crippen molar-refractivity contribution >= 4 is 16.0 Å². The average molecular weight is 196 g/mol. The van der Waals surface area contributed by atoms with Crippen LogP contribution in [0.25, 0.3) is 4.91 Å². The summed E-state index contributed by atoms with van der Waals surface area (Å²) in [5, 5.41) is 0. The Balaban J connectivity index is 2.53. The van der Waals surface area contributed by atoms with E-state index in [4.69, 9.17) is 9.29 Å². The molecule has 0 fully saturated rings. The van der Waals surface area contributed by atoms with Crippen molar-refractivity contribution in [1.82, 2.24) is 0 Å². The second-order valence-corrected chi connectivity index (χ2v) is 3.64. The van der Waals surface area contributed by atoms with Crippen molar-refractivity contribution in [1.29, 1.82) is 0 Å². The first kappa shape index (κ1) is 8.47. The highest BCUT2D eigenvalue weighted by Gasteiger charge is 2.16. The van der Waals surface area contributed by atoms with Gasteiger partial charge < -0.3 is 9.29 Å². The molecule has 1 heterocycles. The van der Waals surface area contributed by atoms with Gasteiger partial charge >= 0.3 is 0 Å². The normalized spacial score (nSPS) is 16.8. The van der Waals surface area contributed by atoms with Crippen LogP contribution in [0.15, 0.2) is 30.5 Å². The molecule has 1 aliphatic heterocycles. The Bertz CT molecular complexity index is 384. The first-order valence-corrected chi connectivity index (χ1v) is 4.90. The molecular weight excluding hydrogens is 188 g/mol. The number of benzene rings is 1. The van der Waals surface area contributed by atoms with Gasteiger partial charge in [-0.3, -0.25) is 0 Å². The molecule has 1 aromatic carbocycles. The lowest BCUT2D eigenvalue weighted by atomic mass is 10.1. The molecule has 0 aromatic heterocycles. The van der Waals surface area contributed by atoms with Gasteiger partial charge in [0.1, 0.15) is 17.8 Å². The average Bonchev–Trinajstić information content (AvgIpc) is 2.17. The highest BCUT2D eigenvalue weighted by molar-refractivity contribution is 7.89. The van der Waals surface area contributed by atoms with Crippen LogP contribution in [-0.4, -0.2) is 8.76 Å². The minimum atomic E-state index is -1.98. The third kappa shape index (κ3) is 1.50. The number of hydrogen-bond acceptors (Lipinski definition) is 2. The van der Waals surface area contributed by atoms with E-state index in [0.29, 0.717) is 11.5 Å². The van der Waals surface area contributed by atoms with Gasteiger partial charge in [0.25, 0.3) is 0 Å². The van der Waals surface area contributed by atoms with Crippen molar-refractivity contribution in [3.8, 4) is 0 Å². The molecule has 3 nitrogen and oxygen atoms in total. The van der Waals surface area contributed by atoms with Crippen molar-refractivity contribution < 1.29 is 13.5 Å².